The quantitative estimate of drug-likeness (QED) is 0.486. The highest BCUT2D eigenvalue weighted by molar-refractivity contribution is 6.07. The molecule has 0 unspecified atom stereocenters. The van der Waals surface area contributed by atoms with Crippen molar-refractivity contribution in [1.29, 1.82) is 0 Å². The zero-order valence-electron chi connectivity index (χ0n) is 18.8. The van der Waals surface area contributed by atoms with Gasteiger partial charge in [0.2, 0.25) is 11.8 Å². The van der Waals surface area contributed by atoms with E-state index in [1.54, 1.807) is 11.8 Å². The summed E-state index contributed by atoms with van der Waals surface area (Å²) < 4.78 is 0. The van der Waals surface area contributed by atoms with Gasteiger partial charge in [-0.05, 0) is 36.1 Å². The highest BCUT2D eigenvalue weighted by Gasteiger charge is 2.29. The second kappa shape index (κ2) is 11.4. The SMILES string of the molecule is C[C@H](N)C(=O)N1CCCNC(=O)C(NC(=O)Cc2cccc3ccccc23)C(=O)NCCC1. The molecule has 0 saturated carbocycles. The van der Waals surface area contributed by atoms with Crippen molar-refractivity contribution in [3.05, 3.63) is 48.0 Å². The molecule has 3 rings (SSSR count). The highest BCUT2D eigenvalue weighted by atomic mass is 16.2. The van der Waals surface area contributed by atoms with Crippen LogP contribution in [0.5, 0.6) is 0 Å². The Balaban J connectivity index is 1.64. The van der Waals surface area contributed by atoms with Crippen molar-refractivity contribution in [1.82, 2.24) is 20.9 Å². The molecule has 2 aromatic carbocycles. The molecule has 0 radical (unpaired) electrons. The lowest BCUT2D eigenvalue weighted by Gasteiger charge is -2.26. The van der Waals surface area contributed by atoms with Crippen LogP contribution in [0.2, 0.25) is 0 Å². The number of amides is 4. The lowest BCUT2D eigenvalue weighted by atomic mass is 10.0. The fourth-order valence-corrected chi connectivity index (χ4v) is 3.87. The first-order valence-electron chi connectivity index (χ1n) is 11.2. The summed E-state index contributed by atoms with van der Waals surface area (Å²) in [4.78, 5) is 52.0. The van der Waals surface area contributed by atoms with Gasteiger partial charge in [0, 0.05) is 26.2 Å². The Kier molecular flexibility index (Phi) is 8.37. The van der Waals surface area contributed by atoms with Crippen LogP contribution in [0.15, 0.2) is 42.5 Å². The molecular weight excluding hydrogens is 422 g/mol. The van der Waals surface area contributed by atoms with Crippen molar-refractivity contribution in [3.63, 3.8) is 0 Å². The first kappa shape index (κ1) is 24.2. The van der Waals surface area contributed by atoms with E-state index in [0.717, 1.165) is 16.3 Å². The summed E-state index contributed by atoms with van der Waals surface area (Å²) in [5.41, 5.74) is 6.52. The molecule has 5 N–H and O–H groups in total. The van der Waals surface area contributed by atoms with Crippen LogP contribution >= 0.6 is 0 Å². The molecule has 1 atom stereocenters. The average molecular weight is 454 g/mol. The minimum atomic E-state index is -1.33. The van der Waals surface area contributed by atoms with Gasteiger partial charge in [-0.25, -0.2) is 0 Å². The number of nitrogens with zero attached hydrogens (tertiary/aromatic N) is 1. The van der Waals surface area contributed by atoms with E-state index in [0.29, 0.717) is 25.9 Å². The first-order chi connectivity index (χ1) is 15.9. The highest BCUT2D eigenvalue weighted by Crippen LogP contribution is 2.18. The Labute approximate surface area is 193 Å². The number of nitrogens with two attached hydrogens (primary N) is 1. The second-order valence-electron chi connectivity index (χ2n) is 8.22. The summed E-state index contributed by atoms with van der Waals surface area (Å²) in [6, 6.07) is 11.5. The maximum atomic E-state index is 12.7. The summed E-state index contributed by atoms with van der Waals surface area (Å²) in [5.74, 6) is -1.74. The third-order valence-corrected chi connectivity index (χ3v) is 5.57. The first-order valence-corrected chi connectivity index (χ1v) is 11.2. The monoisotopic (exact) mass is 453 g/mol. The van der Waals surface area contributed by atoms with Crippen LogP contribution < -0.4 is 21.7 Å². The van der Waals surface area contributed by atoms with E-state index < -0.39 is 29.8 Å². The Morgan fingerprint density at radius 1 is 1.03 bits per heavy atom. The summed E-state index contributed by atoms with van der Waals surface area (Å²) in [5, 5.41) is 9.92. The predicted molar refractivity (Wildman–Crippen MR) is 125 cm³/mol. The third kappa shape index (κ3) is 6.52. The lowest BCUT2D eigenvalue weighted by molar-refractivity contribution is -0.136. The van der Waals surface area contributed by atoms with Gasteiger partial charge in [0.1, 0.15) is 0 Å². The fraction of sp³-hybridized carbons (Fsp3) is 0.417. The van der Waals surface area contributed by atoms with E-state index in [-0.39, 0.29) is 25.4 Å². The smallest absolute Gasteiger partial charge is 0.252 e. The van der Waals surface area contributed by atoms with Crippen molar-refractivity contribution in [2.24, 2.45) is 5.73 Å². The normalized spacial score (nSPS) is 17.3. The second-order valence-corrected chi connectivity index (χ2v) is 8.22. The minimum absolute atomic E-state index is 0.0484. The van der Waals surface area contributed by atoms with E-state index in [2.05, 4.69) is 16.0 Å². The van der Waals surface area contributed by atoms with Gasteiger partial charge >= 0.3 is 0 Å². The molecule has 1 fully saturated rings. The van der Waals surface area contributed by atoms with Crippen LogP contribution in [-0.4, -0.2) is 66.8 Å². The number of nitrogens with one attached hydrogen (secondary N) is 3. The molecule has 1 aliphatic heterocycles. The van der Waals surface area contributed by atoms with E-state index in [1.165, 1.54) is 0 Å². The molecule has 4 amide bonds. The molecule has 9 nitrogen and oxygen atoms in total. The average Bonchev–Trinajstić information content (AvgIpc) is 2.80. The van der Waals surface area contributed by atoms with Crippen LogP contribution in [-0.2, 0) is 25.6 Å². The summed E-state index contributed by atoms with van der Waals surface area (Å²) in [7, 11) is 0. The van der Waals surface area contributed by atoms with Gasteiger partial charge in [0.05, 0.1) is 12.5 Å². The Morgan fingerprint density at radius 3 is 2.27 bits per heavy atom. The van der Waals surface area contributed by atoms with Crippen LogP contribution in [0.1, 0.15) is 25.3 Å². The summed E-state index contributed by atoms with van der Waals surface area (Å²) >= 11 is 0. The van der Waals surface area contributed by atoms with Gasteiger partial charge in [-0.3, -0.25) is 19.2 Å². The zero-order valence-corrected chi connectivity index (χ0v) is 18.8. The summed E-state index contributed by atoms with van der Waals surface area (Å²) in [6.07, 6.45) is 1.08. The number of hydrogen-bond acceptors (Lipinski definition) is 5. The van der Waals surface area contributed by atoms with Gasteiger partial charge in [0.15, 0.2) is 6.04 Å². The molecule has 0 aliphatic carbocycles. The standard InChI is InChI=1S/C24H31N5O4/c1-16(25)24(33)29-13-5-11-26-22(31)21(23(32)27-12-6-14-29)28-20(30)15-18-9-4-8-17-7-2-3-10-19(17)18/h2-4,7-10,16,21H,5-6,11-15,25H2,1H3,(H,26,31)(H,27,32)(H,28,30)/t16-/m0/s1. The molecule has 1 heterocycles. The van der Waals surface area contributed by atoms with Crippen molar-refractivity contribution in [3.8, 4) is 0 Å². The fourth-order valence-electron chi connectivity index (χ4n) is 3.87. The van der Waals surface area contributed by atoms with Crippen LogP contribution in [0.25, 0.3) is 10.8 Å². The van der Waals surface area contributed by atoms with Crippen LogP contribution in [0.4, 0.5) is 0 Å². The van der Waals surface area contributed by atoms with Gasteiger partial charge in [-0.2, -0.15) is 0 Å². The maximum absolute atomic E-state index is 12.7. The largest absolute Gasteiger partial charge is 0.354 e. The van der Waals surface area contributed by atoms with Gasteiger partial charge in [-0.15, -0.1) is 0 Å². The molecule has 1 aliphatic rings. The molecule has 0 aromatic heterocycles. The number of hydrogen-bond donors (Lipinski definition) is 4. The number of carbonyl (C=O) groups is 4. The van der Waals surface area contributed by atoms with Gasteiger partial charge in [0.25, 0.3) is 11.8 Å². The van der Waals surface area contributed by atoms with E-state index in [4.69, 9.17) is 5.73 Å². The molecule has 1 saturated heterocycles. The molecule has 2 aromatic rings. The van der Waals surface area contributed by atoms with E-state index in [1.807, 2.05) is 42.5 Å². The van der Waals surface area contributed by atoms with Crippen molar-refractivity contribution in [2.45, 2.75) is 38.3 Å². The topological polar surface area (TPSA) is 134 Å². The number of benzene rings is 2. The summed E-state index contributed by atoms with van der Waals surface area (Å²) in [6.45, 7) is 3.07. The molecule has 176 valence electrons. The molecule has 9 heteroatoms. The van der Waals surface area contributed by atoms with Crippen LogP contribution in [0.3, 0.4) is 0 Å². The van der Waals surface area contributed by atoms with Crippen LogP contribution in [0, 0.1) is 0 Å². The maximum Gasteiger partial charge on any atom is 0.252 e. The Bertz CT molecular complexity index is 994. The molecule has 33 heavy (non-hydrogen) atoms. The molecule has 0 spiro atoms. The van der Waals surface area contributed by atoms with Gasteiger partial charge < -0.3 is 26.6 Å². The molecule has 0 bridgehead atoms. The number of fused-ring (bicyclic) bond motifs is 1. The number of rotatable bonds is 4. The van der Waals surface area contributed by atoms with E-state index in [9.17, 15) is 19.2 Å². The Morgan fingerprint density at radius 2 is 1.64 bits per heavy atom. The predicted octanol–water partition coefficient (Wildman–Crippen LogP) is 0.0691. The minimum Gasteiger partial charge on any atom is -0.354 e. The zero-order chi connectivity index (χ0) is 23.8. The van der Waals surface area contributed by atoms with E-state index >= 15 is 0 Å². The lowest BCUT2D eigenvalue weighted by Crippen LogP contribution is -2.56. The molecular formula is C24H31N5O4. The number of carbonyl (C=O) groups excluding carboxylic acids is 4. The third-order valence-electron chi connectivity index (χ3n) is 5.57. The van der Waals surface area contributed by atoms with Crippen molar-refractivity contribution >= 4 is 34.4 Å². The Hall–Kier alpha value is -3.46. The van der Waals surface area contributed by atoms with Crippen molar-refractivity contribution in [2.75, 3.05) is 26.2 Å². The van der Waals surface area contributed by atoms with Crippen molar-refractivity contribution < 1.29 is 19.2 Å². The van der Waals surface area contributed by atoms with Gasteiger partial charge in [-0.1, -0.05) is 42.5 Å².